The predicted molar refractivity (Wildman–Crippen MR) is 72.6 cm³/mol. The average molecular weight is 270 g/mol. The van der Waals surface area contributed by atoms with Gasteiger partial charge < -0.3 is 10.4 Å². The van der Waals surface area contributed by atoms with Crippen molar-refractivity contribution in [3.05, 3.63) is 47.2 Å². The minimum absolute atomic E-state index is 0.222. The predicted octanol–water partition coefficient (Wildman–Crippen LogP) is 1.67. The Hall–Kier alpha value is -2.50. The number of pyridine rings is 1. The summed E-state index contributed by atoms with van der Waals surface area (Å²) in [5.74, 6) is -0.547. The number of carboxylic acid groups (broad SMARTS) is 1. The van der Waals surface area contributed by atoms with Gasteiger partial charge in [0.05, 0.1) is 12.2 Å². The van der Waals surface area contributed by atoms with Gasteiger partial charge in [0.15, 0.2) is 0 Å². The third kappa shape index (κ3) is 2.45. The first-order valence-electron chi connectivity index (χ1n) is 6.49. The normalized spacial score (nSPS) is 13.0. The molecule has 0 saturated heterocycles. The van der Waals surface area contributed by atoms with Gasteiger partial charge in [-0.05, 0) is 37.0 Å². The molecule has 0 amide bonds. The summed E-state index contributed by atoms with van der Waals surface area (Å²) < 4.78 is 0. The lowest BCUT2D eigenvalue weighted by atomic mass is 10.1. The SMILES string of the molecule is O=C(O)c1cc2c(nc1NCc1ccncn1)CCC2. The van der Waals surface area contributed by atoms with E-state index in [0.717, 1.165) is 36.2 Å². The highest BCUT2D eigenvalue weighted by molar-refractivity contribution is 5.93. The molecule has 0 spiro atoms. The molecule has 0 saturated carbocycles. The molecule has 20 heavy (non-hydrogen) atoms. The average Bonchev–Trinajstić information content (AvgIpc) is 2.92. The van der Waals surface area contributed by atoms with Gasteiger partial charge in [0, 0.05) is 11.9 Å². The van der Waals surface area contributed by atoms with Gasteiger partial charge in [-0.2, -0.15) is 0 Å². The van der Waals surface area contributed by atoms with Crippen molar-refractivity contribution in [3.63, 3.8) is 0 Å². The molecule has 6 nitrogen and oxygen atoms in total. The van der Waals surface area contributed by atoms with Gasteiger partial charge in [-0.1, -0.05) is 0 Å². The number of carbonyl (C=O) groups is 1. The Morgan fingerprint density at radius 1 is 1.40 bits per heavy atom. The molecular weight excluding hydrogens is 256 g/mol. The summed E-state index contributed by atoms with van der Waals surface area (Å²) in [5.41, 5.74) is 3.06. The Labute approximate surface area is 115 Å². The van der Waals surface area contributed by atoms with E-state index in [1.54, 1.807) is 18.3 Å². The van der Waals surface area contributed by atoms with Crippen LogP contribution in [-0.2, 0) is 19.4 Å². The van der Waals surface area contributed by atoms with Crippen molar-refractivity contribution in [1.29, 1.82) is 0 Å². The smallest absolute Gasteiger partial charge is 0.339 e. The van der Waals surface area contributed by atoms with Crippen LogP contribution in [0.4, 0.5) is 5.82 Å². The van der Waals surface area contributed by atoms with Crippen molar-refractivity contribution in [1.82, 2.24) is 15.0 Å². The van der Waals surface area contributed by atoms with E-state index in [1.165, 1.54) is 6.33 Å². The van der Waals surface area contributed by atoms with Gasteiger partial charge in [-0.3, -0.25) is 0 Å². The number of aromatic nitrogens is 3. The molecule has 1 aliphatic rings. The van der Waals surface area contributed by atoms with Crippen molar-refractivity contribution in [2.75, 3.05) is 5.32 Å². The number of rotatable bonds is 4. The molecule has 2 heterocycles. The number of nitrogens with zero attached hydrogens (tertiary/aromatic N) is 3. The van der Waals surface area contributed by atoms with E-state index in [9.17, 15) is 9.90 Å². The quantitative estimate of drug-likeness (QED) is 0.878. The van der Waals surface area contributed by atoms with Crippen LogP contribution in [0.5, 0.6) is 0 Å². The van der Waals surface area contributed by atoms with Crippen LogP contribution in [0.25, 0.3) is 0 Å². The van der Waals surface area contributed by atoms with Crippen LogP contribution in [0.1, 0.15) is 33.7 Å². The molecule has 0 unspecified atom stereocenters. The van der Waals surface area contributed by atoms with E-state index in [1.807, 2.05) is 0 Å². The molecule has 2 aromatic heterocycles. The van der Waals surface area contributed by atoms with E-state index < -0.39 is 5.97 Å². The van der Waals surface area contributed by atoms with Crippen molar-refractivity contribution in [3.8, 4) is 0 Å². The van der Waals surface area contributed by atoms with Crippen LogP contribution >= 0.6 is 0 Å². The van der Waals surface area contributed by atoms with Gasteiger partial charge in [-0.25, -0.2) is 19.7 Å². The van der Waals surface area contributed by atoms with Crippen LogP contribution < -0.4 is 5.32 Å². The minimum atomic E-state index is -0.961. The van der Waals surface area contributed by atoms with Crippen LogP contribution in [0, 0.1) is 0 Å². The zero-order valence-corrected chi connectivity index (χ0v) is 10.8. The maximum Gasteiger partial charge on any atom is 0.339 e. The molecule has 0 aromatic carbocycles. The number of hydrogen-bond donors (Lipinski definition) is 2. The molecular formula is C14H14N4O2. The van der Waals surface area contributed by atoms with Crippen LogP contribution in [0.15, 0.2) is 24.7 Å². The van der Waals surface area contributed by atoms with Crippen molar-refractivity contribution >= 4 is 11.8 Å². The van der Waals surface area contributed by atoms with Crippen molar-refractivity contribution < 1.29 is 9.90 Å². The molecule has 0 bridgehead atoms. The molecule has 3 rings (SSSR count). The molecule has 1 aliphatic carbocycles. The van der Waals surface area contributed by atoms with E-state index >= 15 is 0 Å². The second-order valence-electron chi connectivity index (χ2n) is 4.70. The maximum absolute atomic E-state index is 11.3. The van der Waals surface area contributed by atoms with Gasteiger partial charge in [-0.15, -0.1) is 0 Å². The first kappa shape index (κ1) is 12.5. The molecule has 0 fully saturated rings. The van der Waals surface area contributed by atoms with Gasteiger partial charge in [0.25, 0.3) is 0 Å². The lowest BCUT2D eigenvalue weighted by molar-refractivity contribution is 0.0697. The zero-order chi connectivity index (χ0) is 13.9. The fourth-order valence-electron chi connectivity index (χ4n) is 2.37. The van der Waals surface area contributed by atoms with E-state index in [0.29, 0.717) is 12.4 Å². The highest BCUT2D eigenvalue weighted by Gasteiger charge is 2.19. The Morgan fingerprint density at radius 3 is 3.05 bits per heavy atom. The highest BCUT2D eigenvalue weighted by Crippen LogP contribution is 2.25. The summed E-state index contributed by atoms with van der Waals surface area (Å²) >= 11 is 0. The number of carboxylic acids is 1. The summed E-state index contributed by atoms with van der Waals surface area (Å²) in [6.45, 7) is 0.425. The first-order valence-corrected chi connectivity index (χ1v) is 6.49. The van der Waals surface area contributed by atoms with Gasteiger partial charge in [0.1, 0.15) is 17.7 Å². The van der Waals surface area contributed by atoms with E-state index in [-0.39, 0.29) is 5.56 Å². The van der Waals surface area contributed by atoms with E-state index in [4.69, 9.17) is 0 Å². The second-order valence-corrected chi connectivity index (χ2v) is 4.70. The number of aryl methyl sites for hydroxylation is 2. The van der Waals surface area contributed by atoms with E-state index in [2.05, 4.69) is 20.3 Å². The van der Waals surface area contributed by atoms with Gasteiger partial charge >= 0.3 is 5.97 Å². The molecule has 2 N–H and O–H groups in total. The molecule has 0 atom stereocenters. The Morgan fingerprint density at radius 2 is 2.30 bits per heavy atom. The summed E-state index contributed by atoms with van der Waals surface area (Å²) in [5, 5.41) is 12.3. The van der Waals surface area contributed by atoms with Crippen LogP contribution in [0.2, 0.25) is 0 Å². The zero-order valence-electron chi connectivity index (χ0n) is 10.8. The Kier molecular flexibility index (Phi) is 3.28. The molecule has 0 aliphatic heterocycles. The topological polar surface area (TPSA) is 88.0 Å². The lowest BCUT2D eigenvalue weighted by Gasteiger charge is -2.10. The first-order chi connectivity index (χ1) is 9.74. The minimum Gasteiger partial charge on any atom is -0.478 e. The second kappa shape index (κ2) is 5.24. The molecule has 0 radical (unpaired) electrons. The third-order valence-electron chi connectivity index (χ3n) is 3.36. The Balaban J connectivity index is 1.86. The number of hydrogen-bond acceptors (Lipinski definition) is 5. The summed E-state index contributed by atoms with van der Waals surface area (Å²) in [6.07, 6.45) is 5.98. The fourth-order valence-corrected chi connectivity index (χ4v) is 2.37. The van der Waals surface area contributed by atoms with Crippen molar-refractivity contribution in [2.45, 2.75) is 25.8 Å². The molecule has 2 aromatic rings. The number of anilines is 1. The summed E-state index contributed by atoms with van der Waals surface area (Å²) in [6, 6.07) is 3.51. The molecule has 6 heteroatoms. The highest BCUT2D eigenvalue weighted by atomic mass is 16.4. The largest absolute Gasteiger partial charge is 0.478 e. The monoisotopic (exact) mass is 270 g/mol. The Bertz CT molecular complexity index is 643. The number of aromatic carboxylic acids is 1. The van der Waals surface area contributed by atoms with Gasteiger partial charge in [0.2, 0.25) is 0 Å². The maximum atomic E-state index is 11.3. The van der Waals surface area contributed by atoms with Crippen molar-refractivity contribution in [2.24, 2.45) is 0 Å². The van der Waals surface area contributed by atoms with Crippen LogP contribution in [-0.4, -0.2) is 26.0 Å². The molecule has 102 valence electrons. The summed E-state index contributed by atoms with van der Waals surface area (Å²) in [4.78, 5) is 23.7. The lowest BCUT2D eigenvalue weighted by Crippen LogP contribution is -2.11. The van der Waals surface area contributed by atoms with Crippen LogP contribution in [0.3, 0.4) is 0 Å². The summed E-state index contributed by atoms with van der Waals surface area (Å²) in [7, 11) is 0. The number of fused-ring (bicyclic) bond motifs is 1. The third-order valence-corrected chi connectivity index (χ3v) is 3.36. The standard InChI is InChI=1S/C14H14N4O2/c19-14(20)11-6-9-2-1-3-12(9)18-13(11)16-7-10-4-5-15-8-17-10/h4-6,8H,1-3,7H2,(H,16,18)(H,19,20). The number of nitrogens with one attached hydrogen (secondary N) is 1. The fraction of sp³-hybridized carbons (Fsp3) is 0.286.